The summed E-state index contributed by atoms with van der Waals surface area (Å²) >= 11 is 0. The number of nitrogens with one attached hydrogen (secondary N) is 2. The van der Waals surface area contributed by atoms with Gasteiger partial charge in [-0.15, -0.1) is 0 Å². The summed E-state index contributed by atoms with van der Waals surface area (Å²) in [6, 6.07) is 3.96. The zero-order chi connectivity index (χ0) is 17.1. The minimum Gasteiger partial charge on any atom is -0.325 e. The molecule has 3 heterocycles. The molecule has 124 valence electrons. The van der Waals surface area contributed by atoms with E-state index < -0.39 is 0 Å². The highest BCUT2D eigenvalue weighted by Gasteiger charge is 2.15. The van der Waals surface area contributed by atoms with Crippen LogP contribution in [-0.2, 0) is 0 Å². The second-order valence-corrected chi connectivity index (χ2v) is 5.87. The highest BCUT2D eigenvalue weighted by molar-refractivity contribution is 5.64. The quantitative estimate of drug-likeness (QED) is 0.746. The van der Waals surface area contributed by atoms with Gasteiger partial charge in [-0.1, -0.05) is 13.8 Å². The normalized spacial score (nSPS) is 12.2. The number of rotatable bonds is 5. The zero-order valence-corrected chi connectivity index (χ0v) is 14.3. The highest BCUT2D eigenvalue weighted by atomic mass is 15.2. The fraction of sp³-hybridized carbons (Fsp3) is 0.353. The third kappa shape index (κ3) is 3.40. The largest absolute Gasteiger partial charge is 0.325 e. The molecule has 0 aliphatic heterocycles. The van der Waals surface area contributed by atoms with Gasteiger partial charge in [0, 0.05) is 23.5 Å². The molecule has 24 heavy (non-hydrogen) atoms. The molecule has 3 aromatic heterocycles. The third-order valence-corrected chi connectivity index (χ3v) is 3.97. The molecule has 7 heteroatoms. The van der Waals surface area contributed by atoms with Crippen molar-refractivity contribution in [2.75, 3.05) is 5.32 Å². The Kier molecular flexibility index (Phi) is 4.50. The molecule has 0 bridgehead atoms. The summed E-state index contributed by atoms with van der Waals surface area (Å²) in [5.41, 5.74) is 3.07. The van der Waals surface area contributed by atoms with E-state index in [2.05, 4.69) is 55.4 Å². The Labute approximate surface area is 141 Å². The van der Waals surface area contributed by atoms with E-state index in [9.17, 15) is 0 Å². The molecular weight excluding hydrogens is 302 g/mol. The van der Waals surface area contributed by atoms with Crippen LogP contribution in [0.3, 0.4) is 0 Å². The Balaban J connectivity index is 1.98. The van der Waals surface area contributed by atoms with E-state index >= 15 is 0 Å². The number of anilines is 2. The molecule has 0 saturated heterocycles. The maximum Gasteiger partial charge on any atom is 0.157 e. The first kappa shape index (κ1) is 16.0. The Morgan fingerprint density at radius 2 is 1.96 bits per heavy atom. The molecule has 3 rings (SSSR count). The van der Waals surface area contributed by atoms with Crippen LogP contribution in [0, 0.1) is 13.8 Å². The van der Waals surface area contributed by atoms with Crippen LogP contribution in [0.25, 0.3) is 11.4 Å². The van der Waals surface area contributed by atoms with Crippen LogP contribution >= 0.6 is 0 Å². The van der Waals surface area contributed by atoms with E-state index in [1.165, 1.54) is 11.9 Å². The van der Waals surface area contributed by atoms with Crippen molar-refractivity contribution in [3.05, 3.63) is 41.7 Å². The lowest BCUT2D eigenvalue weighted by molar-refractivity contribution is 0.733. The number of H-pyrrole nitrogens is 1. The SMILES string of the molecule is CCC(C)c1cc(Nc2cc(C)nc(C)n2)ncc1-c1ncn[nH]1. The molecule has 0 amide bonds. The molecule has 2 N–H and O–H groups in total. The van der Waals surface area contributed by atoms with Gasteiger partial charge in [-0.2, -0.15) is 5.10 Å². The Morgan fingerprint density at radius 3 is 2.62 bits per heavy atom. The first-order chi connectivity index (χ1) is 11.6. The van der Waals surface area contributed by atoms with Gasteiger partial charge in [0.25, 0.3) is 0 Å². The van der Waals surface area contributed by atoms with Crippen molar-refractivity contribution in [2.24, 2.45) is 0 Å². The lowest BCUT2D eigenvalue weighted by Gasteiger charge is -2.15. The van der Waals surface area contributed by atoms with Gasteiger partial charge < -0.3 is 5.32 Å². The Hall–Kier alpha value is -2.83. The number of hydrogen-bond acceptors (Lipinski definition) is 6. The fourth-order valence-electron chi connectivity index (χ4n) is 2.61. The maximum atomic E-state index is 4.51. The van der Waals surface area contributed by atoms with Crippen molar-refractivity contribution < 1.29 is 0 Å². The van der Waals surface area contributed by atoms with Crippen molar-refractivity contribution in [2.45, 2.75) is 40.0 Å². The van der Waals surface area contributed by atoms with E-state index in [0.717, 1.165) is 41.0 Å². The van der Waals surface area contributed by atoms with E-state index in [0.29, 0.717) is 5.92 Å². The summed E-state index contributed by atoms with van der Waals surface area (Å²) in [4.78, 5) is 17.5. The Morgan fingerprint density at radius 1 is 1.12 bits per heavy atom. The predicted octanol–water partition coefficient (Wildman–Crippen LogP) is 3.53. The summed E-state index contributed by atoms with van der Waals surface area (Å²) in [6.07, 6.45) is 4.36. The smallest absolute Gasteiger partial charge is 0.157 e. The van der Waals surface area contributed by atoms with Crippen LogP contribution in [0.2, 0.25) is 0 Å². The number of aryl methyl sites for hydroxylation is 2. The van der Waals surface area contributed by atoms with Gasteiger partial charge in [-0.05, 0) is 37.8 Å². The fourth-order valence-corrected chi connectivity index (χ4v) is 2.61. The molecule has 0 saturated carbocycles. The van der Waals surface area contributed by atoms with Crippen LogP contribution < -0.4 is 5.32 Å². The highest BCUT2D eigenvalue weighted by Crippen LogP contribution is 2.30. The van der Waals surface area contributed by atoms with Crippen molar-refractivity contribution in [1.29, 1.82) is 0 Å². The average molecular weight is 323 g/mol. The van der Waals surface area contributed by atoms with Crippen LogP contribution in [0.5, 0.6) is 0 Å². The topological polar surface area (TPSA) is 92.3 Å². The van der Waals surface area contributed by atoms with Crippen molar-refractivity contribution >= 4 is 11.6 Å². The molecular formula is C17H21N7. The molecule has 0 aliphatic carbocycles. The zero-order valence-electron chi connectivity index (χ0n) is 14.3. The minimum atomic E-state index is 0.377. The van der Waals surface area contributed by atoms with E-state index in [1.807, 2.05) is 26.1 Å². The lowest BCUT2D eigenvalue weighted by Crippen LogP contribution is -2.03. The van der Waals surface area contributed by atoms with Crippen LogP contribution in [-0.4, -0.2) is 30.1 Å². The second-order valence-electron chi connectivity index (χ2n) is 5.87. The van der Waals surface area contributed by atoms with Gasteiger partial charge in [-0.3, -0.25) is 5.10 Å². The minimum absolute atomic E-state index is 0.377. The second kappa shape index (κ2) is 6.74. The molecule has 0 aliphatic rings. The predicted molar refractivity (Wildman–Crippen MR) is 93.1 cm³/mol. The lowest BCUT2D eigenvalue weighted by atomic mass is 9.94. The van der Waals surface area contributed by atoms with Crippen LogP contribution in [0.15, 0.2) is 24.7 Å². The number of aromatic nitrogens is 6. The first-order valence-electron chi connectivity index (χ1n) is 8.01. The Bertz CT molecular complexity index is 807. The van der Waals surface area contributed by atoms with Gasteiger partial charge in [0.2, 0.25) is 0 Å². The van der Waals surface area contributed by atoms with Crippen LogP contribution in [0.4, 0.5) is 11.6 Å². The number of nitrogens with zero attached hydrogens (tertiary/aromatic N) is 5. The molecule has 7 nitrogen and oxygen atoms in total. The van der Waals surface area contributed by atoms with Crippen molar-refractivity contribution in [1.82, 2.24) is 30.1 Å². The molecule has 0 aromatic carbocycles. The summed E-state index contributed by atoms with van der Waals surface area (Å²) in [5.74, 6) is 3.35. The van der Waals surface area contributed by atoms with E-state index in [1.54, 1.807) is 0 Å². The van der Waals surface area contributed by atoms with E-state index in [4.69, 9.17) is 0 Å². The standard InChI is InChI=1S/C17H21N7/c1-5-10(2)13-7-15(18-8-14(13)17-19-9-20-24-17)23-16-6-11(3)21-12(4)22-16/h6-10H,5H2,1-4H3,(H,19,20,24)(H,18,21,22,23). The monoisotopic (exact) mass is 323 g/mol. The number of pyridine rings is 1. The van der Waals surface area contributed by atoms with Gasteiger partial charge in [-0.25, -0.2) is 19.9 Å². The van der Waals surface area contributed by atoms with Gasteiger partial charge in [0.1, 0.15) is 23.8 Å². The maximum absolute atomic E-state index is 4.51. The van der Waals surface area contributed by atoms with E-state index in [-0.39, 0.29) is 0 Å². The van der Waals surface area contributed by atoms with Gasteiger partial charge >= 0.3 is 0 Å². The molecule has 1 unspecified atom stereocenters. The summed E-state index contributed by atoms with van der Waals surface area (Å²) < 4.78 is 0. The van der Waals surface area contributed by atoms with Crippen molar-refractivity contribution in [3.8, 4) is 11.4 Å². The number of aromatic amines is 1. The van der Waals surface area contributed by atoms with Crippen LogP contribution in [0.1, 0.15) is 43.3 Å². The number of hydrogen-bond donors (Lipinski definition) is 2. The molecule has 0 radical (unpaired) electrons. The summed E-state index contributed by atoms with van der Waals surface area (Å²) in [7, 11) is 0. The van der Waals surface area contributed by atoms with Gasteiger partial charge in [0.15, 0.2) is 5.82 Å². The molecule has 3 aromatic rings. The van der Waals surface area contributed by atoms with Crippen molar-refractivity contribution in [3.63, 3.8) is 0 Å². The average Bonchev–Trinajstić information content (AvgIpc) is 3.07. The molecule has 1 atom stereocenters. The molecule has 0 fully saturated rings. The summed E-state index contributed by atoms with van der Waals surface area (Å²) in [6.45, 7) is 8.19. The third-order valence-electron chi connectivity index (χ3n) is 3.97. The first-order valence-corrected chi connectivity index (χ1v) is 8.01. The molecule has 0 spiro atoms. The summed E-state index contributed by atoms with van der Waals surface area (Å²) in [5, 5.41) is 10.1. The van der Waals surface area contributed by atoms with Gasteiger partial charge in [0.05, 0.1) is 0 Å².